The Morgan fingerprint density at radius 3 is 2.85 bits per heavy atom. The van der Waals surface area contributed by atoms with E-state index < -0.39 is 22.1 Å². The van der Waals surface area contributed by atoms with Gasteiger partial charge >= 0.3 is 5.97 Å². The van der Waals surface area contributed by atoms with Crippen molar-refractivity contribution in [2.75, 3.05) is 26.3 Å². The third-order valence-corrected chi connectivity index (χ3v) is 6.17. The van der Waals surface area contributed by atoms with E-state index in [1.54, 1.807) is 6.92 Å². The molecule has 1 aliphatic heterocycles. The number of sulfonamides is 1. The third kappa shape index (κ3) is 2.86. The van der Waals surface area contributed by atoms with E-state index in [2.05, 4.69) is 0 Å². The van der Waals surface area contributed by atoms with Crippen LogP contribution in [0.2, 0.25) is 0 Å². The zero-order valence-corrected chi connectivity index (χ0v) is 12.4. The molecule has 2 rings (SSSR count). The lowest BCUT2D eigenvalue weighted by molar-refractivity contribution is -0.0304. The largest absolute Gasteiger partial charge is 0.477 e. The lowest BCUT2D eigenvalue weighted by Gasteiger charge is -2.31. The summed E-state index contributed by atoms with van der Waals surface area (Å²) in [5.74, 6) is -1.14. The normalized spacial score (nSPS) is 21.0. The smallest absolute Gasteiger partial charge is 0.345 e. The van der Waals surface area contributed by atoms with Gasteiger partial charge in [0.1, 0.15) is 4.88 Å². The second-order valence-electron chi connectivity index (χ2n) is 4.37. The van der Waals surface area contributed by atoms with Crippen molar-refractivity contribution in [2.45, 2.75) is 17.9 Å². The Labute approximate surface area is 120 Å². The highest BCUT2D eigenvalue weighted by atomic mass is 32.2. The molecule has 2 heterocycles. The van der Waals surface area contributed by atoms with Crippen LogP contribution in [-0.4, -0.2) is 61.3 Å². The maximum Gasteiger partial charge on any atom is 0.345 e. The minimum Gasteiger partial charge on any atom is -0.477 e. The van der Waals surface area contributed by atoms with Crippen LogP contribution < -0.4 is 0 Å². The molecule has 1 aromatic heterocycles. The maximum atomic E-state index is 12.5. The number of aliphatic hydroxyl groups excluding tert-OH is 1. The van der Waals surface area contributed by atoms with Crippen molar-refractivity contribution in [3.8, 4) is 0 Å². The zero-order valence-electron chi connectivity index (χ0n) is 10.8. The predicted octanol–water partition coefficient (Wildman–Crippen LogP) is 0.137. The Hall–Kier alpha value is -1.00. The summed E-state index contributed by atoms with van der Waals surface area (Å²) in [7, 11) is -3.76. The molecule has 0 radical (unpaired) electrons. The Balaban J connectivity index is 2.32. The quantitative estimate of drug-likeness (QED) is 0.817. The summed E-state index contributed by atoms with van der Waals surface area (Å²) in [5.41, 5.74) is 0. The Bertz CT molecular complexity index is 608. The van der Waals surface area contributed by atoms with Crippen LogP contribution in [0.15, 0.2) is 11.0 Å². The standard InChI is InChI=1S/C11H15NO6S2/c1-7-10(4-9(19-7)11(14)15)20(16,17)12-2-3-18-8(5-12)6-13/h4,8,13H,2-3,5-6H2,1H3,(H,14,15). The average Bonchev–Trinajstić information content (AvgIpc) is 2.82. The fourth-order valence-electron chi connectivity index (χ4n) is 1.99. The first kappa shape index (κ1) is 15.4. The number of aliphatic hydroxyl groups is 1. The van der Waals surface area contributed by atoms with Gasteiger partial charge in [0.25, 0.3) is 0 Å². The third-order valence-electron chi connectivity index (χ3n) is 3.01. The fourth-order valence-corrected chi connectivity index (χ4v) is 4.84. The fraction of sp³-hybridized carbons (Fsp3) is 0.545. The van der Waals surface area contributed by atoms with Crippen molar-refractivity contribution >= 4 is 27.3 Å². The SMILES string of the molecule is Cc1sc(C(=O)O)cc1S(=O)(=O)N1CCOC(CO)C1. The van der Waals surface area contributed by atoms with Crippen LogP contribution >= 0.6 is 11.3 Å². The van der Waals surface area contributed by atoms with Crippen LogP contribution in [-0.2, 0) is 14.8 Å². The van der Waals surface area contributed by atoms with E-state index >= 15 is 0 Å². The number of morpholine rings is 1. The van der Waals surface area contributed by atoms with Gasteiger partial charge in [-0.2, -0.15) is 4.31 Å². The van der Waals surface area contributed by atoms with Gasteiger partial charge in [-0.05, 0) is 13.0 Å². The number of carboxylic acid groups (broad SMARTS) is 1. The van der Waals surface area contributed by atoms with Crippen LogP contribution in [0.25, 0.3) is 0 Å². The van der Waals surface area contributed by atoms with Gasteiger partial charge in [0.15, 0.2) is 0 Å². The van der Waals surface area contributed by atoms with Crippen molar-refractivity contribution in [2.24, 2.45) is 0 Å². The highest BCUT2D eigenvalue weighted by molar-refractivity contribution is 7.89. The van der Waals surface area contributed by atoms with Crippen molar-refractivity contribution in [1.82, 2.24) is 4.31 Å². The summed E-state index contributed by atoms with van der Waals surface area (Å²) < 4.78 is 31.5. The number of hydrogen-bond acceptors (Lipinski definition) is 6. The Kier molecular flexibility index (Phi) is 4.45. The number of aromatic carboxylic acids is 1. The van der Waals surface area contributed by atoms with Crippen molar-refractivity contribution in [3.63, 3.8) is 0 Å². The molecular weight excluding hydrogens is 306 g/mol. The highest BCUT2D eigenvalue weighted by Gasteiger charge is 2.33. The number of nitrogens with zero attached hydrogens (tertiary/aromatic N) is 1. The summed E-state index contributed by atoms with van der Waals surface area (Å²) in [4.78, 5) is 11.4. The molecule has 1 saturated heterocycles. The number of aryl methyl sites for hydroxylation is 1. The number of carboxylic acids is 1. The lowest BCUT2D eigenvalue weighted by atomic mass is 10.3. The molecule has 0 bridgehead atoms. The van der Waals surface area contributed by atoms with E-state index in [4.69, 9.17) is 14.9 Å². The molecule has 1 aromatic rings. The molecule has 0 aromatic carbocycles. The Morgan fingerprint density at radius 2 is 2.30 bits per heavy atom. The predicted molar refractivity (Wildman–Crippen MR) is 71.6 cm³/mol. The van der Waals surface area contributed by atoms with Crippen LogP contribution in [0.5, 0.6) is 0 Å². The van der Waals surface area contributed by atoms with Crippen molar-refractivity contribution in [1.29, 1.82) is 0 Å². The minimum atomic E-state index is -3.76. The van der Waals surface area contributed by atoms with Crippen LogP contribution in [0.4, 0.5) is 0 Å². The molecule has 1 atom stereocenters. The van der Waals surface area contributed by atoms with Gasteiger partial charge in [0.05, 0.1) is 24.2 Å². The van der Waals surface area contributed by atoms with E-state index in [1.807, 2.05) is 0 Å². The molecule has 112 valence electrons. The first-order valence-electron chi connectivity index (χ1n) is 5.92. The lowest BCUT2D eigenvalue weighted by Crippen LogP contribution is -2.46. The van der Waals surface area contributed by atoms with E-state index in [9.17, 15) is 13.2 Å². The summed E-state index contributed by atoms with van der Waals surface area (Å²) >= 11 is 0.934. The van der Waals surface area contributed by atoms with Gasteiger partial charge in [-0.15, -0.1) is 11.3 Å². The van der Waals surface area contributed by atoms with Gasteiger partial charge < -0.3 is 14.9 Å². The molecule has 7 nitrogen and oxygen atoms in total. The topological polar surface area (TPSA) is 104 Å². The molecule has 1 fully saturated rings. The first-order chi connectivity index (χ1) is 9.36. The average molecular weight is 321 g/mol. The van der Waals surface area contributed by atoms with Gasteiger partial charge in [-0.1, -0.05) is 0 Å². The van der Waals surface area contributed by atoms with Gasteiger partial charge in [0.2, 0.25) is 10.0 Å². The van der Waals surface area contributed by atoms with E-state index in [0.29, 0.717) is 4.88 Å². The number of thiophene rings is 1. The minimum absolute atomic E-state index is 0.00644. The Morgan fingerprint density at radius 1 is 1.60 bits per heavy atom. The number of hydrogen-bond donors (Lipinski definition) is 2. The molecule has 2 N–H and O–H groups in total. The zero-order chi connectivity index (χ0) is 14.9. The monoisotopic (exact) mass is 321 g/mol. The summed E-state index contributed by atoms with van der Waals surface area (Å²) in [6.07, 6.45) is -0.545. The maximum absolute atomic E-state index is 12.5. The molecular formula is C11H15NO6S2. The molecule has 1 unspecified atom stereocenters. The summed E-state index contributed by atoms with van der Waals surface area (Å²) in [6.45, 7) is 1.79. The number of ether oxygens (including phenoxy) is 1. The molecule has 0 amide bonds. The second kappa shape index (κ2) is 5.78. The molecule has 9 heteroatoms. The number of carbonyl (C=O) groups is 1. The molecule has 1 aliphatic rings. The van der Waals surface area contributed by atoms with E-state index in [-0.39, 0.29) is 36.1 Å². The van der Waals surface area contributed by atoms with Gasteiger partial charge in [-0.25, -0.2) is 13.2 Å². The van der Waals surface area contributed by atoms with E-state index in [1.165, 1.54) is 10.4 Å². The van der Waals surface area contributed by atoms with E-state index in [0.717, 1.165) is 11.3 Å². The molecule has 0 spiro atoms. The second-order valence-corrected chi connectivity index (χ2v) is 7.54. The van der Waals surface area contributed by atoms with Gasteiger partial charge in [-0.3, -0.25) is 0 Å². The van der Waals surface area contributed by atoms with Gasteiger partial charge in [0, 0.05) is 18.0 Å². The highest BCUT2D eigenvalue weighted by Crippen LogP contribution is 2.29. The number of rotatable bonds is 4. The summed E-state index contributed by atoms with van der Waals surface area (Å²) in [5, 5.41) is 18.0. The van der Waals surface area contributed by atoms with Crippen LogP contribution in [0, 0.1) is 6.92 Å². The summed E-state index contributed by atoms with van der Waals surface area (Å²) in [6, 6.07) is 1.18. The van der Waals surface area contributed by atoms with Crippen LogP contribution in [0.1, 0.15) is 14.5 Å². The van der Waals surface area contributed by atoms with Crippen LogP contribution in [0.3, 0.4) is 0 Å². The molecule has 0 saturated carbocycles. The molecule has 20 heavy (non-hydrogen) atoms. The molecule has 0 aliphatic carbocycles. The van der Waals surface area contributed by atoms with Crippen molar-refractivity contribution < 1.29 is 28.2 Å². The van der Waals surface area contributed by atoms with Crippen molar-refractivity contribution in [3.05, 3.63) is 15.8 Å². The first-order valence-corrected chi connectivity index (χ1v) is 8.18.